The molecule has 14 heteroatoms. The highest BCUT2D eigenvalue weighted by Gasteiger charge is 2.39. The monoisotopic (exact) mass is 442 g/mol. The number of aromatic amines is 1. The van der Waals surface area contributed by atoms with Gasteiger partial charge >= 0.3 is 0 Å². The molecular formula is C15H22N8O4S2. The number of sulfone groups is 1. The van der Waals surface area contributed by atoms with Crippen LogP contribution in [0.2, 0.25) is 0 Å². The van der Waals surface area contributed by atoms with Crippen LogP contribution in [0.1, 0.15) is 12.8 Å². The predicted octanol–water partition coefficient (Wildman–Crippen LogP) is -1.81. The molecule has 2 aliphatic heterocycles. The number of hydrogen-bond acceptors (Lipinski definition) is 10. The molecule has 0 spiro atoms. The molecule has 12 nitrogen and oxygen atoms in total. The standard InChI is InChI=1S/C15H22N8O4S2/c16-9-2-1-5-23(8-9)11-3-4-12(28(24,25)10-6-18-7-10)14(29(17,26)27)13(11)15-19-21-22-20-15/h3-4,9-10,18H,1-2,5-8,16H2,(H2,17,26,27)(H,19,20,21,22)/t9-/m0/s1. The lowest BCUT2D eigenvalue weighted by Gasteiger charge is -2.34. The number of nitrogens with two attached hydrogens (primary N) is 2. The van der Waals surface area contributed by atoms with Crippen molar-refractivity contribution in [2.24, 2.45) is 10.9 Å². The van der Waals surface area contributed by atoms with E-state index in [4.69, 9.17) is 10.9 Å². The van der Waals surface area contributed by atoms with Crippen LogP contribution in [0.5, 0.6) is 0 Å². The van der Waals surface area contributed by atoms with Gasteiger partial charge in [-0.05, 0) is 30.2 Å². The maximum absolute atomic E-state index is 13.1. The summed E-state index contributed by atoms with van der Waals surface area (Å²) in [6.07, 6.45) is 1.66. The van der Waals surface area contributed by atoms with Gasteiger partial charge in [0.15, 0.2) is 9.84 Å². The van der Waals surface area contributed by atoms with Gasteiger partial charge in [0.05, 0.1) is 15.7 Å². The summed E-state index contributed by atoms with van der Waals surface area (Å²) in [5, 5.41) is 21.3. The van der Waals surface area contributed by atoms with E-state index < -0.39 is 30.0 Å². The Bertz CT molecular complexity index is 1110. The van der Waals surface area contributed by atoms with E-state index in [2.05, 4.69) is 25.9 Å². The van der Waals surface area contributed by atoms with Gasteiger partial charge in [-0.3, -0.25) is 0 Å². The molecule has 2 aliphatic rings. The first-order valence-corrected chi connectivity index (χ1v) is 12.2. The van der Waals surface area contributed by atoms with E-state index in [1.54, 1.807) is 6.07 Å². The van der Waals surface area contributed by atoms with Crippen molar-refractivity contribution < 1.29 is 16.8 Å². The van der Waals surface area contributed by atoms with Crippen LogP contribution in [0, 0.1) is 0 Å². The maximum Gasteiger partial charge on any atom is 0.240 e. The quantitative estimate of drug-likeness (QED) is 0.410. The van der Waals surface area contributed by atoms with E-state index in [1.165, 1.54) is 6.07 Å². The van der Waals surface area contributed by atoms with Crippen molar-refractivity contribution in [3.63, 3.8) is 0 Å². The smallest absolute Gasteiger partial charge is 0.240 e. The zero-order valence-electron chi connectivity index (χ0n) is 15.4. The van der Waals surface area contributed by atoms with Crippen LogP contribution in [-0.2, 0) is 19.9 Å². The van der Waals surface area contributed by atoms with Gasteiger partial charge in [0, 0.05) is 37.9 Å². The molecule has 2 saturated heterocycles. The van der Waals surface area contributed by atoms with Crippen LogP contribution in [0.3, 0.4) is 0 Å². The molecular weight excluding hydrogens is 420 g/mol. The summed E-state index contributed by atoms with van der Waals surface area (Å²) in [7, 11) is -8.38. The zero-order valence-corrected chi connectivity index (χ0v) is 17.1. The van der Waals surface area contributed by atoms with Crippen molar-refractivity contribution in [3.05, 3.63) is 12.1 Å². The number of rotatable bonds is 5. The van der Waals surface area contributed by atoms with Crippen molar-refractivity contribution in [2.75, 3.05) is 31.1 Å². The number of nitrogens with zero attached hydrogens (tertiary/aromatic N) is 4. The molecule has 0 amide bonds. The molecule has 158 valence electrons. The number of anilines is 1. The van der Waals surface area contributed by atoms with E-state index in [0.717, 1.165) is 12.8 Å². The van der Waals surface area contributed by atoms with Gasteiger partial charge in [-0.2, -0.15) is 5.21 Å². The molecule has 1 aromatic carbocycles. The summed E-state index contributed by atoms with van der Waals surface area (Å²) in [4.78, 5) is 1.04. The van der Waals surface area contributed by atoms with E-state index in [1.807, 2.05) is 4.90 Å². The van der Waals surface area contributed by atoms with E-state index in [9.17, 15) is 16.8 Å². The lowest BCUT2D eigenvalue weighted by Crippen LogP contribution is -2.51. The number of primary sulfonamides is 1. The Hall–Kier alpha value is -2.13. The Labute approximate surface area is 168 Å². The van der Waals surface area contributed by atoms with Crippen LogP contribution in [0.15, 0.2) is 21.9 Å². The highest BCUT2D eigenvalue weighted by atomic mass is 32.2. The van der Waals surface area contributed by atoms with Gasteiger partial charge in [0.1, 0.15) is 4.90 Å². The van der Waals surface area contributed by atoms with Gasteiger partial charge in [0.2, 0.25) is 15.8 Å². The van der Waals surface area contributed by atoms with Crippen molar-refractivity contribution in [2.45, 2.75) is 33.9 Å². The van der Waals surface area contributed by atoms with Gasteiger partial charge in [0.25, 0.3) is 0 Å². The number of sulfonamides is 1. The van der Waals surface area contributed by atoms with Gasteiger partial charge < -0.3 is 16.0 Å². The van der Waals surface area contributed by atoms with E-state index in [-0.39, 0.29) is 35.4 Å². The number of hydrogen-bond donors (Lipinski definition) is 4. The fourth-order valence-corrected chi connectivity index (χ4v) is 6.87. The molecule has 0 radical (unpaired) electrons. The number of nitrogens with one attached hydrogen (secondary N) is 2. The van der Waals surface area contributed by atoms with E-state index in [0.29, 0.717) is 18.8 Å². The Morgan fingerprint density at radius 3 is 2.48 bits per heavy atom. The summed E-state index contributed by atoms with van der Waals surface area (Å²) < 4.78 is 51.4. The molecule has 6 N–H and O–H groups in total. The first-order chi connectivity index (χ1) is 13.7. The summed E-state index contributed by atoms with van der Waals surface area (Å²) in [5.74, 6) is -0.0491. The summed E-state index contributed by atoms with van der Waals surface area (Å²) >= 11 is 0. The Morgan fingerprint density at radius 1 is 1.17 bits per heavy atom. The molecule has 0 bridgehead atoms. The number of piperidine rings is 1. The number of benzene rings is 1. The average Bonchev–Trinajstić information content (AvgIpc) is 3.12. The van der Waals surface area contributed by atoms with Crippen molar-refractivity contribution in [3.8, 4) is 11.4 Å². The van der Waals surface area contributed by atoms with Crippen LogP contribution in [0.4, 0.5) is 5.69 Å². The topological polar surface area (TPSA) is 190 Å². The fourth-order valence-electron chi connectivity index (χ4n) is 3.70. The molecule has 4 rings (SSSR count). The molecule has 0 aliphatic carbocycles. The molecule has 2 fully saturated rings. The highest BCUT2D eigenvalue weighted by Crippen LogP contribution is 2.40. The van der Waals surface area contributed by atoms with Crippen molar-refractivity contribution in [1.29, 1.82) is 0 Å². The number of tetrazole rings is 1. The van der Waals surface area contributed by atoms with Crippen molar-refractivity contribution >= 4 is 25.5 Å². The minimum absolute atomic E-state index is 0.0173. The molecule has 29 heavy (non-hydrogen) atoms. The Kier molecular flexibility index (Phi) is 5.06. The maximum atomic E-state index is 13.1. The Morgan fingerprint density at radius 2 is 1.93 bits per heavy atom. The van der Waals surface area contributed by atoms with Gasteiger partial charge in [-0.15, -0.1) is 10.2 Å². The molecule has 2 aromatic rings. The summed E-state index contributed by atoms with van der Waals surface area (Å²) in [6.45, 7) is 1.59. The second kappa shape index (κ2) is 7.28. The van der Waals surface area contributed by atoms with Crippen molar-refractivity contribution in [1.82, 2.24) is 25.9 Å². The third-order valence-electron chi connectivity index (χ3n) is 5.24. The van der Waals surface area contributed by atoms with Crippen LogP contribution < -0.4 is 21.1 Å². The SMILES string of the molecule is N[C@H]1CCCN(c2ccc(S(=O)(=O)C3CNC3)c(S(N)(=O)=O)c2-c2nn[nH]n2)C1. The minimum Gasteiger partial charge on any atom is -0.369 e. The molecule has 1 aromatic heterocycles. The van der Waals surface area contributed by atoms with Gasteiger partial charge in [-0.25, -0.2) is 22.0 Å². The summed E-state index contributed by atoms with van der Waals surface area (Å²) in [5.41, 5.74) is 6.55. The number of H-pyrrole nitrogens is 1. The van der Waals surface area contributed by atoms with Crippen LogP contribution >= 0.6 is 0 Å². The van der Waals surface area contributed by atoms with Crippen LogP contribution in [0.25, 0.3) is 11.4 Å². The normalized spacial score (nSPS) is 21.2. The molecule has 3 heterocycles. The first kappa shape index (κ1) is 20.2. The molecule has 0 saturated carbocycles. The summed E-state index contributed by atoms with van der Waals surface area (Å²) in [6, 6.07) is 2.77. The molecule has 0 unspecified atom stereocenters. The van der Waals surface area contributed by atoms with Crippen LogP contribution in [-0.4, -0.2) is 74.9 Å². The average molecular weight is 443 g/mol. The second-order valence-electron chi connectivity index (χ2n) is 7.24. The lowest BCUT2D eigenvalue weighted by atomic mass is 10.0. The minimum atomic E-state index is -4.44. The van der Waals surface area contributed by atoms with Gasteiger partial charge in [-0.1, -0.05) is 0 Å². The fraction of sp³-hybridized carbons (Fsp3) is 0.533. The second-order valence-corrected chi connectivity index (χ2v) is 10.9. The number of aromatic nitrogens is 4. The predicted molar refractivity (Wildman–Crippen MR) is 104 cm³/mol. The lowest BCUT2D eigenvalue weighted by molar-refractivity contribution is 0.493. The third kappa shape index (κ3) is 3.61. The molecule has 1 atom stereocenters. The first-order valence-electron chi connectivity index (χ1n) is 9.08. The highest BCUT2D eigenvalue weighted by molar-refractivity contribution is 7.94. The zero-order chi connectivity index (χ0) is 20.8. The largest absolute Gasteiger partial charge is 0.369 e. The Balaban J connectivity index is 2.00. The van der Waals surface area contributed by atoms with E-state index >= 15 is 0 Å². The third-order valence-corrected chi connectivity index (χ3v) is 8.53.